The van der Waals surface area contributed by atoms with Crippen molar-refractivity contribution in [1.82, 2.24) is 5.32 Å². The molecule has 2 unspecified atom stereocenters. The monoisotopic (exact) mass is 1120 g/mol. The van der Waals surface area contributed by atoms with Crippen molar-refractivity contribution in [3.8, 4) is 0 Å². The van der Waals surface area contributed by atoms with E-state index in [4.69, 9.17) is 0 Å². The van der Waals surface area contributed by atoms with Gasteiger partial charge in [-0.05, 0) is 57.8 Å². The third kappa shape index (κ3) is 66.9. The summed E-state index contributed by atoms with van der Waals surface area (Å²) in [7, 11) is 0. The van der Waals surface area contributed by atoms with Gasteiger partial charge in [0.25, 0.3) is 0 Å². The van der Waals surface area contributed by atoms with Crippen LogP contribution in [0.25, 0.3) is 0 Å². The van der Waals surface area contributed by atoms with Crippen LogP contribution < -0.4 is 5.32 Å². The Bertz CT molecular complexity index is 1310. The smallest absolute Gasteiger partial charge is 0.220 e. The van der Waals surface area contributed by atoms with Crippen LogP contribution in [0, 0.1) is 0 Å². The maximum atomic E-state index is 12.6. The van der Waals surface area contributed by atoms with Crippen molar-refractivity contribution in [1.29, 1.82) is 0 Å². The van der Waals surface area contributed by atoms with E-state index < -0.39 is 12.1 Å². The van der Waals surface area contributed by atoms with Crippen molar-refractivity contribution in [2.45, 2.75) is 411 Å². The second kappa shape index (κ2) is 71.4. The lowest BCUT2D eigenvalue weighted by atomic mass is 10.0. The first-order valence-corrected chi connectivity index (χ1v) is 36.5. The van der Waals surface area contributed by atoms with E-state index in [1.807, 2.05) is 0 Å². The zero-order valence-corrected chi connectivity index (χ0v) is 54.4. The summed E-state index contributed by atoms with van der Waals surface area (Å²) in [5.74, 6) is -0.0236. The second-order valence-corrected chi connectivity index (χ2v) is 25.0. The summed E-state index contributed by atoms with van der Waals surface area (Å²) < 4.78 is 0. The van der Waals surface area contributed by atoms with Gasteiger partial charge in [-0.1, -0.05) is 396 Å². The Hall–Kier alpha value is -1.91. The lowest BCUT2D eigenvalue weighted by Crippen LogP contribution is -2.45. The van der Waals surface area contributed by atoms with Crippen LogP contribution in [0.1, 0.15) is 399 Å². The molecular formula is C76H143NO3. The lowest BCUT2D eigenvalue weighted by Gasteiger charge is -2.22. The number of carbonyl (C=O) groups excluding carboxylic acids is 1. The van der Waals surface area contributed by atoms with E-state index in [0.717, 1.165) is 57.8 Å². The van der Waals surface area contributed by atoms with Crippen molar-refractivity contribution in [2.24, 2.45) is 0 Å². The van der Waals surface area contributed by atoms with Gasteiger partial charge in [0, 0.05) is 6.42 Å². The molecule has 0 fully saturated rings. The topological polar surface area (TPSA) is 69.6 Å². The summed E-state index contributed by atoms with van der Waals surface area (Å²) in [5, 5.41) is 23.5. The number of aliphatic hydroxyl groups excluding tert-OH is 2. The zero-order chi connectivity index (χ0) is 57.6. The third-order valence-corrected chi connectivity index (χ3v) is 17.0. The van der Waals surface area contributed by atoms with Gasteiger partial charge in [-0.3, -0.25) is 4.79 Å². The van der Waals surface area contributed by atoms with Crippen LogP contribution in [0.3, 0.4) is 0 Å². The van der Waals surface area contributed by atoms with E-state index in [1.165, 1.54) is 315 Å². The first-order valence-electron chi connectivity index (χ1n) is 36.5. The van der Waals surface area contributed by atoms with E-state index >= 15 is 0 Å². The predicted molar refractivity (Wildman–Crippen MR) is 359 cm³/mol. The highest BCUT2D eigenvalue weighted by Crippen LogP contribution is 2.20. The van der Waals surface area contributed by atoms with Crippen LogP contribution in [0.15, 0.2) is 60.8 Å². The molecule has 0 aliphatic heterocycles. The van der Waals surface area contributed by atoms with Crippen LogP contribution >= 0.6 is 0 Å². The van der Waals surface area contributed by atoms with Crippen LogP contribution in [-0.2, 0) is 4.79 Å². The fourth-order valence-corrected chi connectivity index (χ4v) is 11.6. The van der Waals surface area contributed by atoms with E-state index in [2.05, 4.69) is 79.9 Å². The van der Waals surface area contributed by atoms with Gasteiger partial charge in [-0.25, -0.2) is 0 Å². The fourth-order valence-electron chi connectivity index (χ4n) is 11.6. The minimum Gasteiger partial charge on any atom is -0.394 e. The molecule has 3 N–H and O–H groups in total. The number of carbonyl (C=O) groups is 1. The highest BCUT2D eigenvalue weighted by atomic mass is 16.3. The van der Waals surface area contributed by atoms with Crippen LogP contribution in [0.4, 0.5) is 0 Å². The summed E-state index contributed by atoms with van der Waals surface area (Å²) >= 11 is 0. The molecule has 0 aliphatic rings. The van der Waals surface area contributed by atoms with Gasteiger partial charge in [-0.2, -0.15) is 0 Å². The van der Waals surface area contributed by atoms with E-state index in [9.17, 15) is 15.0 Å². The number of nitrogens with one attached hydrogen (secondary N) is 1. The van der Waals surface area contributed by atoms with Gasteiger partial charge in [-0.15, -0.1) is 0 Å². The summed E-state index contributed by atoms with van der Waals surface area (Å²) in [6, 6.07) is -0.538. The van der Waals surface area contributed by atoms with Crippen LogP contribution in [0.5, 0.6) is 0 Å². The van der Waals surface area contributed by atoms with Gasteiger partial charge in [0.1, 0.15) is 0 Å². The molecule has 0 spiro atoms. The molecule has 0 saturated carbocycles. The molecule has 1 amide bonds. The Morgan fingerprint density at radius 3 is 0.825 bits per heavy atom. The molecule has 4 nitrogen and oxygen atoms in total. The van der Waals surface area contributed by atoms with Gasteiger partial charge < -0.3 is 15.5 Å². The molecular weight excluding hydrogens is 975 g/mol. The number of rotatable bonds is 68. The van der Waals surface area contributed by atoms with Crippen LogP contribution in [-0.4, -0.2) is 34.9 Å². The largest absolute Gasteiger partial charge is 0.394 e. The number of allylic oxidation sites excluding steroid dienone is 10. The number of hydrogen-bond donors (Lipinski definition) is 3. The summed E-state index contributed by atoms with van der Waals surface area (Å²) in [5.41, 5.74) is 0. The normalized spacial score (nSPS) is 13.0. The second-order valence-electron chi connectivity index (χ2n) is 25.0. The Morgan fingerprint density at radius 1 is 0.312 bits per heavy atom. The molecule has 0 saturated heterocycles. The zero-order valence-electron chi connectivity index (χ0n) is 54.4. The Balaban J connectivity index is 3.39. The molecule has 2 atom stereocenters. The van der Waals surface area contributed by atoms with E-state index in [-0.39, 0.29) is 12.5 Å². The van der Waals surface area contributed by atoms with Crippen molar-refractivity contribution in [3.05, 3.63) is 60.8 Å². The van der Waals surface area contributed by atoms with Gasteiger partial charge in [0.2, 0.25) is 5.91 Å². The van der Waals surface area contributed by atoms with Crippen LogP contribution in [0.2, 0.25) is 0 Å². The van der Waals surface area contributed by atoms with Crippen molar-refractivity contribution in [3.63, 3.8) is 0 Å². The minimum absolute atomic E-state index is 0.0236. The van der Waals surface area contributed by atoms with Crippen molar-refractivity contribution >= 4 is 5.91 Å². The molecule has 4 heteroatoms. The molecule has 0 heterocycles. The van der Waals surface area contributed by atoms with Crippen molar-refractivity contribution in [2.75, 3.05) is 6.61 Å². The average Bonchev–Trinajstić information content (AvgIpc) is 3.46. The Morgan fingerprint density at radius 2 is 0.550 bits per heavy atom. The first kappa shape index (κ1) is 78.1. The van der Waals surface area contributed by atoms with E-state index in [1.54, 1.807) is 0 Å². The quantitative estimate of drug-likeness (QED) is 0.0420. The molecule has 80 heavy (non-hydrogen) atoms. The standard InChI is InChI=1S/C76H143NO3/c1-3-5-7-9-11-13-15-17-19-21-23-25-27-29-31-33-35-36-37-38-39-40-42-44-46-48-50-52-54-56-58-60-62-64-66-68-70-72-76(80)77-74(73-78)75(79)71-69-67-65-63-61-59-57-55-53-51-49-47-45-43-41-34-32-30-28-26-24-22-20-18-16-14-12-10-8-6-4-2/h5,7,11,13,17,19,23,25,29,31,74-75,78-79H,3-4,6,8-10,12,14-16,18,20-22,24,26-28,30,32-73H2,1-2H3,(H,77,80)/b7-5-,13-11-,19-17-,25-23-,31-29-. The fraction of sp³-hybridized carbons (Fsp3) is 0.855. The van der Waals surface area contributed by atoms with Gasteiger partial charge >= 0.3 is 0 Å². The first-order chi connectivity index (χ1) is 39.7. The number of hydrogen-bond acceptors (Lipinski definition) is 3. The third-order valence-electron chi connectivity index (χ3n) is 17.0. The number of aliphatic hydroxyl groups is 2. The molecule has 0 aromatic heterocycles. The van der Waals surface area contributed by atoms with Gasteiger partial charge in [0.15, 0.2) is 0 Å². The summed E-state index contributed by atoms with van der Waals surface area (Å²) in [6.07, 6.45) is 102. The van der Waals surface area contributed by atoms with Gasteiger partial charge in [0.05, 0.1) is 18.8 Å². The molecule has 0 rings (SSSR count). The summed E-state index contributed by atoms with van der Waals surface area (Å²) in [4.78, 5) is 12.6. The highest BCUT2D eigenvalue weighted by Gasteiger charge is 2.20. The molecule has 0 aliphatic carbocycles. The predicted octanol–water partition coefficient (Wildman–Crippen LogP) is 25.1. The lowest BCUT2D eigenvalue weighted by molar-refractivity contribution is -0.123. The summed E-state index contributed by atoms with van der Waals surface area (Å²) in [6.45, 7) is 4.29. The maximum Gasteiger partial charge on any atom is 0.220 e. The molecule has 0 radical (unpaired) electrons. The number of unbranched alkanes of at least 4 members (excludes halogenated alkanes) is 51. The molecule has 0 aromatic carbocycles. The maximum absolute atomic E-state index is 12.6. The highest BCUT2D eigenvalue weighted by molar-refractivity contribution is 5.76. The molecule has 0 aromatic rings. The minimum atomic E-state index is -0.661. The molecule has 0 bridgehead atoms. The van der Waals surface area contributed by atoms with Crippen molar-refractivity contribution < 1.29 is 15.0 Å². The van der Waals surface area contributed by atoms with E-state index in [0.29, 0.717) is 12.8 Å². The Kier molecular flexibility index (Phi) is 69.6. The Labute approximate surface area is 502 Å². The average molecular weight is 1120 g/mol. The number of amides is 1. The SMILES string of the molecule is CC/C=C\C/C=C\C/C=C\C/C=C\C/C=C\CCCCCCCCCCCCCCCCCCCCCCCC(=O)NC(CO)C(O)CCCCCCCCCCCCCCCCCCCCCCCCCCCCCCCCC. The molecule has 470 valence electrons.